The number of Topliss-reactive ketones (excluding diaryl/α,β-unsaturated/α-hetero) is 2. The molecule has 3 aromatic heterocycles. The zero-order valence-corrected chi connectivity index (χ0v) is 43.3. The summed E-state index contributed by atoms with van der Waals surface area (Å²) in [6.45, 7) is 4.50. The van der Waals surface area contributed by atoms with Gasteiger partial charge in [0.1, 0.15) is 34.5 Å². The highest BCUT2D eigenvalue weighted by molar-refractivity contribution is 5.96. The number of aryl methyl sites for hydroxylation is 1. The summed E-state index contributed by atoms with van der Waals surface area (Å²) in [4.78, 5) is 45.0. The van der Waals surface area contributed by atoms with Gasteiger partial charge in [-0.05, 0) is 200 Å². The minimum absolute atomic E-state index is 0.147. The monoisotopic (exact) mass is 998 g/mol. The Kier molecular flexibility index (Phi) is 10.5. The minimum atomic E-state index is -0.177. The van der Waals surface area contributed by atoms with E-state index < -0.39 is 0 Å². The van der Waals surface area contributed by atoms with Crippen LogP contribution >= 0.6 is 0 Å². The smallest absolute Gasteiger partial charge is 0.178 e. The van der Waals surface area contributed by atoms with Gasteiger partial charge in [0.05, 0.1) is 22.4 Å². The van der Waals surface area contributed by atoms with Gasteiger partial charge in [-0.15, -0.1) is 0 Å². The van der Waals surface area contributed by atoms with E-state index in [2.05, 4.69) is 157 Å². The van der Waals surface area contributed by atoms with Crippen molar-refractivity contribution in [3.05, 3.63) is 166 Å². The molecule has 0 amide bonds. The predicted molar refractivity (Wildman–Crippen MR) is 302 cm³/mol. The van der Waals surface area contributed by atoms with Gasteiger partial charge in [0, 0.05) is 45.8 Å². The summed E-state index contributed by atoms with van der Waals surface area (Å²) in [5, 5.41) is 0. The number of ketones is 2. The lowest BCUT2D eigenvalue weighted by molar-refractivity contribution is -0.130. The Morgan fingerprint density at radius 3 is 1.62 bits per heavy atom. The maximum atomic E-state index is 13.2. The lowest BCUT2D eigenvalue weighted by Gasteiger charge is -2.48. The van der Waals surface area contributed by atoms with Crippen LogP contribution in [0.5, 0.6) is 23.0 Å². The van der Waals surface area contributed by atoms with Gasteiger partial charge >= 0.3 is 0 Å². The molecule has 6 aliphatic carbocycles. The van der Waals surface area contributed by atoms with Gasteiger partial charge in [0.2, 0.25) is 0 Å². The molecular formula is C68H62N4O4. The summed E-state index contributed by atoms with van der Waals surface area (Å²) < 4.78 is 14.5. The standard InChI is InChI=1S/C68H62N4O4/c1-67-36-34-45-43-19-17-42(38-41(43)16-18-47(45)50(67)22-32-61(67)73)75-65-56-28-24-52(69-56)63(39-10-5-3-6-11-39)54-26-30-58(71-54)66(59-31-27-55(72-59)64(40-12-7-4-8-13-40)53-25-29-57(65)70-53)76-60-15-9-14-44-46-35-37-68(2)51(23-33-62(68)74)48(46)20-21-49(44)60/h3-15,17,19,24-31,38,45-48,50-51,69-70H,16,18,20-23,32-37H2,1-2H3/t45-,46-,47-,48-,50+,51+,67+,68+/m1/s1. The molecule has 378 valence electrons. The number of hydrogen-bond acceptors (Lipinski definition) is 6. The first-order valence-electron chi connectivity index (χ1n) is 28.1. The third kappa shape index (κ3) is 7.15. The molecule has 0 unspecified atom stereocenters. The first-order valence-corrected chi connectivity index (χ1v) is 28.1. The molecule has 8 atom stereocenters. The molecule has 4 aromatic carbocycles. The predicted octanol–water partition coefficient (Wildman–Crippen LogP) is 16.4. The van der Waals surface area contributed by atoms with Crippen molar-refractivity contribution in [2.75, 3.05) is 0 Å². The van der Waals surface area contributed by atoms with Crippen molar-refractivity contribution < 1.29 is 19.1 Å². The Hall–Kier alpha value is -7.58. The van der Waals surface area contributed by atoms with Gasteiger partial charge in [0.15, 0.2) is 11.5 Å². The lowest BCUT2D eigenvalue weighted by Crippen LogP contribution is -2.42. The zero-order valence-electron chi connectivity index (χ0n) is 43.3. The lowest BCUT2D eigenvalue weighted by atomic mass is 9.55. The van der Waals surface area contributed by atoms with Crippen LogP contribution in [-0.4, -0.2) is 31.5 Å². The highest BCUT2D eigenvalue weighted by atomic mass is 16.5. The van der Waals surface area contributed by atoms with Crippen molar-refractivity contribution in [3.8, 4) is 45.3 Å². The average Bonchev–Trinajstić information content (AvgIpc) is 4.36. The number of fused-ring (bicyclic) bond motifs is 18. The summed E-state index contributed by atoms with van der Waals surface area (Å²) in [7, 11) is 0. The number of carbonyl (C=O) groups excluding carboxylic acids is 2. The maximum Gasteiger partial charge on any atom is 0.178 e. The van der Waals surface area contributed by atoms with E-state index in [-0.39, 0.29) is 10.8 Å². The number of carbonyl (C=O) groups is 2. The molecule has 76 heavy (non-hydrogen) atoms. The van der Waals surface area contributed by atoms with E-state index in [4.69, 9.17) is 19.4 Å². The van der Waals surface area contributed by atoms with E-state index in [1.54, 1.807) is 0 Å². The molecule has 0 saturated heterocycles. The van der Waals surface area contributed by atoms with E-state index in [0.717, 1.165) is 144 Å². The quantitative estimate of drug-likeness (QED) is 0.172. The highest BCUT2D eigenvalue weighted by Crippen LogP contribution is 2.62. The second kappa shape index (κ2) is 17.5. The van der Waals surface area contributed by atoms with Crippen molar-refractivity contribution in [2.24, 2.45) is 34.5 Å². The summed E-state index contributed by atoms with van der Waals surface area (Å²) in [6.07, 6.45) is 20.0. The highest BCUT2D eigenvalue weighted by Gasteiger charge is 2.56. The third-order valence-corrected chi connectivity index (χ3v) is 20.1. The van der Waals surface area contributed by atoms with Crippen LogP contribution < -0.4 is 9.47 Å². The van der Waals surface area contributed by atoms with Gasteiger partial charge in [0.25, 0.3) is 0 Å². The van der Waals surface area contributed by atoms with Gasteiger partial charge in [-0.2, -0.15) is 0 Å². The molecule has 0 radical (unpaired) electrons. The Labute approximate surface area is 443 Å². The SMILES string of the molecule is C[C@]12CC[C@@H]3c4ccc(Oc5c6ccc([nH]6)c(-c6ccccc6)c6nc(c(Oc7cccc8c7CC[C@@H]7[C@@H]8CC[C@]8(C)C(=O)CC[C@@H]78)c7nc(c(-c8ccccc8)c8ccc5[nH]8)C=C7)C=C6)cc4CC[C@H]3[C@@H]1CCC2=O. The number of aromatic amines is 2. The molecule has 8 aliphatic rings. The molecule has 8 bridgehead atoms. The van der Waals surface area contributed by atoms with Gasteiger partial charge in [-0.25, -0.2) is 9.97 Å². The number of hydrogen-bond donors (Lipinski definition) is 2. The van der Waals surface area contributed by atoms with Crippen molar-refractivity contribution in [3.63, 3.8) is 0 Å². The zero-order chi connectivity index (χ0) is 50.9. The fourth-order valence-corrected chi connectivity index (χ4v) is 16.3. The Morgan fingerprint density at radius 1 is 0.487 bits per heavy atom. The van der Waals surface area contributed by atoms with Crippen LogP contribution in [0, 0.1) is 34.5 Å². The molecular weight excluding hydrogens is 937 g/mol. The maximum absolute atomic E-state index is 13.2. The van der Waals surface area contributed by atoms with E-state index in [9.17, 15) is 9.59 Å². The van der Waals surface area contributed by atoms with E-state index in [1.165, 1.54) is 22.3 Å². The number of H-pyrrole nitrogens is 2. The number of nitrogens with one attached hydrogen (secondary N) is 2. The largest absolute Gasteiger partial charge is 0.453 e. The van der Waals surface area contributed by atoms with E-state index >= 15 is 0 Å². The fraction of sp³-hybridized carbons (Fsp3) is 0.324. The number of rotatable bonds is 6. The molecule has 0 spiro atoms. The average molecular weight is 999 g/mol. The summed E-state index contributed by atoms with van der Waals surface area (Å²) in [6, 6.07) is 42.8. The van der Waals surface area contributed by atoms with Crippen LogP contribution in [-0.2, 0) is 22.4 Å². The van der Waals surface area contributed by atoms with Gasteiger partial charge in [-0.3, -0.25) is 9.59 Å². The van der Waals surface area contributed by atoms with Crippen LogP contribution in [0.3, 0.4) is 0 Å². The van der Waals surface area contributed by atoms with Crippen LogP contribution in [0.15, 0.2) is 121 Å². The number of aromatic nitrogens is 4. The van der Waals surface area contributed by atoms with Crippen LogP contribution in [0.2, 0.25) is 0 Å². The van der Waals surface area contributed by atoms with Crippen molar-refractivity contribution >= 4 is 57.9 Å². The Morgan fingerprint density at radius 2 is 1.03 bits per heavy atom. The van der Waals surface area contributed by atoms with Crippen molar-refractivity contribution in [1.82, 2.24) is 19.9 Å². The third-order valence-electron chi connectivity index (χ3n) is 20.1. The van der Waals surface area contributed by atoms with Gasteiger partial charge in [-0.1, -0.05) is 92.7 Å². The molecule has 15 rings (SSSR count). The molecule has 2 aliphatic heterocycles. The fourth-order valence-electron chi connectivity index (χ4n) is 16.3. The summed E-state index contributed by atoms with van der Waals surface area (Å²) in [5.41, 5.74) is 15.6. The molecule has 4 fully saturated rings. The molecule has 7 aromatic rings. The topological polar surface area (TPSA) is 110 Å². The second-order valence-electron chi connectivity index (χ2n) is 23.7. The molecule has 8 heteroatoms. The van der Waals surface area contributed by atoms with Crippen LogP contribution in [0.1, 0.15) is 135 Å². The summed E-state index contributed by atoms with van der Waals surface area (Å²) in [5.74, 6) is 6.79. The van der Waals surface area contributed by atoms with Crippen LogP contribution in [0.4, 0.5) is 0 Å². The van der Waals surface area contributed by atoms with Crippen molar-refractivity contribution in [1.29, 1.82) is 0 Å². The second-order valence-corrected chi connectivity index (χ2v) is 23.7. The van der Waals surface area contributed by atoms with Crippen LogP contribution in [0.25, 0.3) is 68.6 Å². The Balaban J connectivity index is 0.893. The van der Waals surface area contributed by atoms with Gasteiger partial charge < -0.3 is 19.4 Å². The number of benzene rings is 4. The molecule has 5 heterocycles. The van der Waals surface area contributed by atoms with E-state index in [0.29, 0.717) is 70.0 Å². The number of ether oxygens (including phenoxy) is 2. The first-order chi connectivity index (χ1) is 37.2. The Bertz CT molecular complexity index is 3670. The van der Waals surface area contributed by atoms with E-state index in [1.807, 2.05) is 12.1 Å². The molecule has 2 N–H and O–H groups in total. The normalized spacial score (nSPS) is 26.8. The summed E-state index contributed by atoms with van der Waals surface area (Å²) >= 11 is 0. The molecule has 4 saturated carbocycles. The molecule has 8 nitrogen and oxygen atoms in total. The first kappa shape index (κ1) is 45.8. The minimum Gasteiger partial charge on any atom is -0.453 e. The van der Waals surface area contributed by atoms with Crippen molar-refractivity contribution in [2.45, 2.75) is 103 Å². The number of nitrogens with zero attached hydrogens (tertiary/aromatic N) is 2.